The average molecular weight is 367 g/mol. The van der Waals surface area contributed by atoms with E-state index in [0.717, 1.165) is 4.90 Å². The van der Waals surface area contributed by atoms with Crippen molar-refractivity contribution in [2.24, 2.45) is 5.73 Å². The predicted octanol–water partition coefficient (Wildman–Crippen LogP) is 1.36. The van der Waals surface area contributed by atoms with Crippen molar-refractivity contribution in [3.05, 3.63) is 24.7 Å². The van der Waals surface area contributed by atoms with E-state index in [1.807, 2.05) is 0 Å². The van der Waals surface area contributed by atoms with Gasteiger partial charge in [0.05, 0.1) is 12.1 Å². The molecule has 2 aromatic heterocycles. The normalized spacial score (nSPS) is 17.4. The first-order chi connectivity index (χ1) is 12.4. The number of anilines is 2. The molecule has 0 radical (unpaired) electrons. The molecule has 3 rings (SSSR count). The van der Waals surface area contributed by atoms with Crippen molar-refractivity contribution >= 4 is 17.7 Å². The summed E-state index contributed by atoms with van der Waals surface area (Å²) in [4.78, 5) is 28.7. The second-order valence-electron chi connectivity index (χ2n) is 5.68. The number of nitrogens with one attached hydrogen (secondary N) is 1. The van der Waals surface area contributed by atoms with Crippen molar-refractivity contribution in [1.29, 1.82) is 0 Å². The third-order valence-electron chi connectivity index (χ3n) is 3.89. The first-order valence-electron chi connectivity index (χ1n) is 7.87. The molecular weight excluding hydrogens is 351 g/mol. The largest absolute Gasteiger partial charge is 0.408 e. The smallest absolute Gasteiger partial charge is 0.329 e. The maximum Gasteiger partial charge on any atom is 0.408 e. The molecule has 11 heteroatoms. The lowest BCUT2D eigenvalue weighted by atomic mass is 10.2. The lowest BCUT2D eigenvalue weighted by Crippen LogP contribution is -2.42. The van der Waals surface area contributed by atoms with E-state index < -0.39 is 18.1 Å². The Labute approximate surface area is 146 Å². The number of hydrogen-bond donors (Lipinski definition) is 2. The quantitative estimate of drug-likeness (QED) is 0.840. The van der Waals surface area contributed by atoms with Crippen LogP contribution < -0.4 is 16.0 Å². The second kappa shape index (κ2) is 7.20. The van der Waals surface area contributed by atoms with E-state index in [1.54, 1.807) is 0 Å². The van der Waals surface area contributed by atoms with E-state index in [-0.39, 0.29) is 37.1 Å². The SMILES string of the molecule is NCC(=O)Nc1ccnc(-c2cnc(N3CCCC3C(F)(F)F)nc2)n1. The second-order valence-corrected chi connectivity index (χ2v) is 5.68. The van der Waals surface area contributed by atoms with Crippen molar-refractivity contribution in [3.63, 3.8) is 0 Å². The zero-order chi connectivity index (χ0) is 18.7. The van der Waals surface area contributed by atoms with Gasteiger partial charge in [0.2, 0.25) is 11.9 Å². The van der Waals surface area contributed by atoms with Crippen molar-refractivity contribution in [2.45, 2.75) is 25.1 Å². The number of nitrogens with two attached hydrogens (primary N) is 1. The lowest BCUT2D eigenvalue weighted by Gasteiger charge is -2.26. The number of rotatable bonds is 4. The number of nitrogens with zero attached hydrogens (tertiary/aromatic N) is 5. The summed E-state index contributed by atoms with van der Waals surface area (Å²) in [5, 5.41) is 2.49. The summed E-state index contributed by atoms with van der Waals surface area (Å²) in [5.74, 6) is 0.0982. The van der Waals surface area contributed by atoms with Crippen molar-refractivity contribution in [3.8, 4) is 11.4 Å². The van der Waals surface area contributed by atoms with Gasteiger partial charge in [-0.2, -0.15) is 13.2 Å². The van der Waals surface area contributed by atoms with Crippen molar-refractivity contribution in [1.82, 2.24) is 19.9 Å². The molecule has 1 unspecified atom stereocenters. The highest BCUT2D eigenvalue weighted by molar-refractivity contribution is 5.91. The molecule has 1 atom stereocenters. The Bertz CT molecular complexity index is 782. The minimum atomic E-state index is -4.32. The van der Waals surface area contributed by atoms with Crippen molar-refractivity contribution < 1.29 is 18.0 Å². The topological polar surface area (TPSA) is 110 Å². The molecule has 1 amide bonds. The summed E-state index contributed by atoms with van der Waals surface area (Å²) >= 11 is 0. The van der Waals surface area contributed by atoms with E-state index in [9.17, 15) is 18.0 Å². The van der Waals surface area contributed by atoms with Crippen LogP contribution in [0.3, 0.4) is 0 Å². The molecular formula is C15H16F3N7O. The summed E-state index contributed by atoms with van der Waals surface area (Å²) in [6.07, 6.45) is 0.289. The molecule has 0 aromatic carbocycles. The van der Waals surface area contributed by atoms with Gasteiger partial charge in [-0.05, 0) is 18.9 Å². The minimum absolute atomic E-state index is 0.0150. The fourth-order valence-corrected chi connectivity index (χ4v) is 2.69. The fraction of sp³-hybridized carbons (Fsp3) is 0.400. The van der Waals surface area contributed by atoms with Crippen LogP contribution >= 0.6 is 0 Å². The first-order valence-corrected chi connectivity index (χ1v) is 7.87. The summed E-state index contributed by atoms with van der Waals surface area (Å²) in [6, 6.07) is -0.0795. The Morgan fingerprint density at radius 3 is 2.69 bits per heavy atom. The van der Waals surface area contributed by atoms with Gasteiger partial charge in [0.25, 0.3) is 0 Å². The standard InChI is InChI=1S/C15H16F3N7O/c16-15(17,18)10-2-1-5-25(10)14-21-7-9(8-22-14)13-20-4-3-11(24-13)23-12(26)6-19/h3-4,7-8,10H,1-2,5-6,19H2,(H,20,23,24,26). The molecule has 1 aliphatic rings. The summed E-state index contributed by atoms with van der Waals surface area (Å²) in [5.41, 5.74) is 5.64. The molecule has 138 valence electrons. The van der Waals surface area contributed by atoms with E-state index in [2.05, 4.69) is 25.3 Å². The van der Waals surface area contributed by atoms with Gasteiger partial charge in [0.15, 0.2) is 5.82 Å². The van der Waals surface area contributed by atoms with Crippen LogP contribution in [0.4, 0.5) is 24.9 Å². The van der Waals surface area contributed by atoms with Crippen LogP contribution in [0.1, 0.15) is 12.8 Å². The zero-order valence-electron chi connectivity index (χ0n) is 13.6. The molecule has 1 fully saturated rings. The molecule has 26 heavy (non-hydrogen) atoms. The minimum Gasteiger partial charge on any atom is -0.329 e. The van der Waals surface area contributed by atoms with Gasteiger partial charge >= 0.3 is 6.18 Å². The summed E-state index contributed by atoms with van der Waals surface area (Å²) in [7, 11) is 0. The van der Waals surface area contributed by atoms with Gasteiger partial charge in [-0.1, -0.05) is 0 Å². The molecule has 3 N–H and O–H groups in total. The number of alkyl halides is 3. The third kappa shape index (κ3) is 3.87. The Morgan fingerprint density at radius 2 is 2.04 bits per heavy atom. The van der Waals surface area contributed by atoms with Gasteiger partial charge in [0, 0.05) is 25.1 Å². The van der Waals surface area contributed by atoms with E-state index in [0.29, 0.717) is 12.0 Å². The monoisotopic (exact) mass is 367 g/mol. The number of aromatic nitrogens is 4. The Kier molecular flexibility index (Phi) is 4.98. The predicted molar refractivity (Wildman–Crippen MR) is 87.2 cm³/mol. The molecule has 0 saturated carbocycles. The van der Waals surface area contributed by atoms with Gasteiger partial charge in [-0.3, -0.25) is 4.79 Å². The van der Waals surface area contributed by atoms with E-state index in [4.69, 9.17) is 5.73 Å². The zero-order valence-corrected chi connectivity index (χ0v) is 13.6. The van der Waals surface area contributed by atoms with Crippen LogP contribution in [0.2, 0.25) is 0 Å². The van der Waals surface area contributed by atoms with Crippen LogP contribution in [-0.4, -0.2) is 51.2 Å². The molecule has 1 saturated heterocycles. The first kappa shape index (κ1) is 18.0. The molecule has 0 spiro atoms. The van der Waals surface area contributed by atoms with Crippen LogP contribution in [0, 0.1) is 0 Å². The van der Waals surface area contributed by atoms with E-state index >= 15 is 0 Å². The highest BCUT2D eigenvalue weighted by Crippen LogP contribution is 2.34. The van der Waals surface area contributed by atoms with Crippen LogP contribution in [0.25, 0.3) is 11.4 Å². The van der Waals surface area contributed by atoms with Gasteiger partial charge in [-0.25, -0.2) is 19.9 Å². The molecule has 8 nitrogen and oxygen atoms in total. The molecule has 2 aromatic rings. The summed E-state index contributed by atoms with van der Waals surface area (Å²) in [6.45, 7) is 0.0635. The maximum atomic E-state index is 13.1. The Hall–Kier alpha value is -2.82. The fourth-order valence-electron chi connectivity index (χ4n) is 2.69. The van der Waals surface area contributed by atoms with Gasteiger partial charge < -0.3 is 16.0 Å². The van der Waals surface area contributed by atoms with Crippen molar-refractivity contribution in [2.75, 3.05) is 23.3 Å². The lowest BCUT2D eigenvalue weighted by molar-refractivity contribution is -0.146. The number of carbonyl (C=O) groups is 1. The average Bonchev–Trinajstić information content (AvgIpc) is 3.12. The van der Waals surface area contributed by atoms with Crippen LogP contribution in [-0.2, 0) is 4.79 Å². The Morgan fingerprint density at radius 1 is 1.31 bits per heavy atom. The number of carbonyl (C=O) groups excluding carboxylic acids is 1. The number of amides is 1. The van der Waals surface area contributed by atoms with Crippen LogP contribution in [0.15, 0.2) is 24.7 Å². The number of hydrogen-bond acceptors (Lipinski definition) is 7. The molecule has 0 bridgehead atoms. The maximum absolute atomic E-state index is 13.1. The molecule has 0 aliphatic carbocycles. The van der Waals surface area contributed by atoms with Gasteiger partial charge in [0.1, 0.15) is 11.9 Å². The summed E-state index contributed by atoms with van der Waals surface area (Å²) < 4.78 is 39.2. The molecule has 1 aliphatic heterocycles. The third-order valence-corrected chi connectivity index (χ3v) is 3.89. The highest BCUT2D eigenvalue weighted by atomic mass is 19.4. The highest BCUT2D eigenvalue weighted by Gasteiger charge is 2.46. The molecule has 3 heterocycles. The number of halogens is 3. The van der Waals surface area contributed by atoms with Crippen LogP contribution in [0.5, 0.6) is 0 Å². The van der Waals surface area contributed by atoms with Gasteiger partial charge in [-0.15, -0.1) is 0 Å². The Balaban J connectivity index is 1.80. The van der Waals surface area contributed by atoms with E-state index in [1.165, 1.54) is 24.7 Å².